The third-order valence-corrected chi connectivity index (χ3v) is 4.50. The summed E-state index contributed by atoms with van der Waals surface area (Å²) in [4.78, 5) is 29.2. The van der Waals surface area contributed by atoms with Crippen LogP contribution in [0.1, 0.15) is 19.4 Å². The number of anilines is 2. The quantitative estimate of drug-likeness (QED) is 0.504. The number of hydrogen-bond donors (Lipinski definition) is 3. The van der Waals surface area contributed by atoms with Crippen molar-refractivity contribution in [3.05, 3.63) is 84.7 Å². The summed E-state index contributed by atoms with van der Waals surface area (Å²) in [5.74, 6) is 0.215. The highest BCUT2D eigenvalue weighted by Gasteiger charge is 2.24. The molecule has 7 nitrogen and oxygen atoms in total. The lowest BCUT2D eigenvalue weighted by Gasteiger charge is -2.22. The molecule has 0 saturated heterocycles. The maximum absolute atomic E-state index is 12.8. The van der Waals surface area contributed by atoms with Gasteiger partial charge in [0.05, 0.1) is 0 Å². The number of aromatic nitrogens is 1. The second-order valence-corrected chi connectivity index (χ2v) is 7.35. The Kier molecular flexibility index (Phi) is 7.59. The van der Waals surface area contributed by atoms with Gasteiger partial charge in [0.1, 0.15) is 18.4 Å². The molecule has 0 radical (unpaired) electrons. The second-order valence-electron chi connectivity index (χ2n) is 7.35. The van der Waals surface area contributed by atoms with E-state index in [2.05, 4.69) is 20.9 Å². The summed E-state index contributed by atoms with van der Waals surface area (Å²) in [5.41, 5.74) is 2.19. The molecular weight excluding hydrogens is 392 g/mol. The molecule has 1 heterocycles. The Morgan fingerprint density at radius 3 is 2.42 bits per heavy atom. The van der Waals surface area contributed by atoms with Gasteiger partial charge in [-0.1, -0.05) is 44.2 Å². The molecule has 3 amide bonds. The first-order valence-corrected chi connectivity index (χ1v) is 10.1. The number of pyridine rings is 1. The number of carbonyl (C=O) groups excluding carboxylic acids is 2. The van der Waals surface area contributed by atoms with Crippen molar-refractivity contribution in [2.45, 2.75) is 26.5 Å². The molecule has 0 bridgehead atoms. The monoisotopic (exact) mass is 418 g/mol. The fraction of sp³-hybridized carbons (Fsp3) is 0.208. The van der Waals surface area contributed by atoms with Gasteiger partial charge in [0.2, 0.25) is 5.91 Å². The van der Waals surface area contributed by atoms with E-state index >= 15 is 0 Å². The minimum absolute atomic E-state index is 0.105. The molecule has 2 aromatic carbocycles. The normalized spacial score (nSPS) is 11.5. The number of amides is 3. The van der Waals surface area contributed by atoms with Gasteiger partial charge in [-0.25, -0.2) is 4.79 Å². The number of benzene rings is 2. The van der Waals surface area contributed by atoms with Crippen molar-refractivity contribution in [1.82, 2.24) is 10.3 Å². The smallest absolute Gasteiger partial charge is 0.319 e. The average molecular weight is 418 g/mol. The highest BCUT2D eigenvalue weighted by molar-refractivity contribution is 5.99. The van der Waals surface area contributed by atoms with E-state index in [1.165, 1.54) is 0 Å². The lowest BCUT2D eigenvalue weighted by Crippen LogP contribution is -2.48. The summed E-state index contributed by atoms with van der Waals surface area (Å²) in [6.45, 7) is 4.13. The third kappa shape index (κ3) is 6.85. The lowest BCUT2D eigenvalue weighted by atomic mass is 10.0. The summed E-state index contributed by atoms with van der Waals surface area (Å²) in [6, 6.07) is 18.8. The summed E-state index contributed by atoms with van der Waals surface area (Å²) in [6.07, 6.45) is 3.45. The number of nitrogens with one attached hydrogen (secondary N) is 3. The topological polar surface area (TPSA) is 92.4 Å². The summed E-state index contributed by atoms with van der Waals surface area (Å²) < 4.78 is 5.78. The molecule has 1 atom stereocenters. The van der Waals surface area contributed by atoms with Crippen molar-refractivity contribution in [3.8, 4) is 5.75 Å². The maximum atomic E-state index is 12.8. The Labute approximate surface area is 181 Å². The maximum Gasteiger partial charge on any atom is 0.319 e. The molecule has 0 aliphatic heterocycles. The van der Waals surface area contributed by atoms with E-state index in [4.69, 9.17) is 4.74 Å². The molecule has 160 valence electrons. The van der Waals surface area contributed by atoms with Crippen LogP contribution in [-0.2, 0) is 11.4 Å². The second kappa shape index (κ2) is 10.8. The molecule has 1 aromatic heterocycles. The zero-order valence-corrected chi connectivity index (χ0v) is 17.5. The van der Waals surface area contributed by atoms with Crippen molar-refractivity contribution in [2.75, 3.05) is 10.6 Å². The third-order valence-electron chi connectivity index (χ3n) is 4.50. The van der Waals surface area contributed by atoms with Crippen molar-refractivity contribution in [2.24, 2.45) is 5.92 Å². The molecule has 0 aliphatic carbocycles. The summed E-state index contributed by atoms with van der Waals surface area (Å²) in [7, 11) is 0. The predicted molar refractivity (Wildman–Crippen MR) is 121 cm³/mol. The first-order chi connectivity index (χ1) is 15.0. The number of para-hydroxylation sites is 1. The van der Waals surface area contributed by atoms with Crippen LogP contribution < -0.4 is 20.7 Å². The zero-order valence-electron chi connectivity index (χ0n) is 17.5. The Bertz CT molecular complexity index is 994. The molecule has 3 aromatic rings. The van der Waals surface area contributed by atoms with E-state index in [9.17, 15) is 9.59 Å². The van der Waals surface area contributed by atoms with Crippen LogP contribution in [0.15, 0.2) is 79.1 Å². The molecule has 0 fully saturated rings. The predicted octanol–water partition coefficient (Wildman–Crippen LogP) is 4.45. The molecule has 3 rings (SSSR count). The van der Waals surface area contributed by atoms with Crippen molar-refractivity contribution < 1.29 is 14.3 Å². The van der Waals surface area contributed by atoms with Gasteiger partial charge in [0.15, 0.2) is 0 Å². The van der Waals surface area contributed by atoms with Gasteiger partial charge in [-0.2, -0.15) is 0 Å². The average Bonchev–Trinajstić information content (AvgIpc) is 2.77. The van der Waals surface area contributed by atoms with Gasteiger partial charge < -0.3 is 20.7 Å². The van der Waals surface area contributed by atoms with E-state index < -0.39 is 12.1 Å². The van der Waals surface area contributed by atoms with Gasteiger partial charge in [0, 0.05) is 35.4 Å². The van der Waals surface area contributed by atoms with Crippen LogP contribution in [0.2, 0.25) is 0 Å². The Morgan fingerprint density at radius 1 is 0.935 bits per heavy atom. The first-order valence-electron chi connectivity index (χ1n) is 10.1. The van der Waals surface area contributed by atoms with Crippen LogP contribution in [0.5, 0.6) is 5.75 Å². The van der Waals surface area contributed by atoms with Gasteiger partial charge in [-0.05, 0) is 36.2 Å². The van der Waals surface area contributed by atoms with Crippen molar-refractivity contribution >= 4 is 23.3 Å². The van der Waals surface area contributed by atoms with Crippen molar-refractivity contribution in [1.29, 1.82) is 0 Å². The van der Waals surface area contributed by atoms with E-state index in [1.54, 1.807) is 42.7 Å². The zero-order chi connectivity index (χ0) is 22.1. The van der Waals surface area contributed by atoms with Crippen LogP contribution >= 0.6 is 0 Å². The van der Waals surface area contributed by atoms with Crippen LogP contribution in [0.25, 0.3) is 0 Å². The number of rotatable bonds is 8. The van der Waals surface area contributed by atoms with Gasteiger partial charge >= 0.3 is 6.03 Å². The van der Waals surface area contributed by atoms with Crippen LogP contribution in [0.4, 0.5) is 16.2 Å². The number of hydrogen-bond acceptors (Lipinski definition) is 4. The minimum atomic E-state index is -0.705. The molecule has 1 unspecified atom stereocenters. The number of carbonyl (C=O) groups is 2. The van der Waals surface area contributed by atoms with Crippen LogP contribution in [0, 0.1) is 5.92 Å². The molecule has 3 N–H and O–H groups in total. The highest BCUT2D eigenvalue weighted by Crippen LogP contribution is 2.19. The Balaban J connectivity index is 1.59. The Morgan fingerprint density at radius 2 is 1.71 bits per heavy atom. The lowest BCUT2D eigenvalue weighted by molar-refractivity contribution is -0.118. The first kappa shape index (κ1) is 21.8. The summed E-state index contributed by atoms with van der Waals surface area (Å²) in [5, 5.41) is 8.34. The molecular formula is C24H26N4O3. The molecule has 31 heavy (non-hydrogen) atoms. The van der Waals surface area contributed by atoms with Gasteiger partial charge in [0.25, 0.3) is 0 Å². The van der Waals surface area contributed by atoms with Crippen molar-refractivity contribution in [3.63, 3.8) is 0 Å². The van der Waals surface area contributed by atoms with E-state index in [0.717, 1.165) is 5.56 Å². The fourth-order valence-corrected chi connectivity index (χ4v) is 2.90. The van der Waals surface area contributed by atoms with Crippen LogP contribution in [0.3, 0.4) is 0 Å². The molecule has 0 saturated carbocycles. The van der Waals surface area contributed by atoms with Gasteiger partial charge in [-0.3, -0.25) is 9.78 Å². The minimum Gasteiger partial charge on any atom is -0.489 e. The fourth-order valence-electron chi connectivity index (χ4n) is 2.90. The number of urea groups is 1. The summed E-state index contributed by atoms with van der Waals surface area (Å²) >= 11 is 0. The van der Waals surface area contributed by atoms with E-state index in [-0.39, 0.29) is 11.8 Å². The molecule has 7 heteroatoms. The highest BCUT2D eigenvalue weighted by atomic mass is 16.5. The van der Waals surface area contributed by atoms with Gasteiger partial charge in [-0.15, -0.1) is 0 Å². The van der Waals surface area contributed by atoms with E-state index in [1.807, 2.05) is 50.2 Å². The molecule has 0 spiro atoms. The standard InChI is InChI=1S/C24H26N4O3/c1-17(2)22(28-24(30)27-19-9-4-3-5-10-19)23(29)26-20-11-6-12-21(14-20)31-16-18-8-7-13-25-15-18/h3-15,17,22H,16H2,1-2H3,(H,26,29)(H2,27,28,30). The SMILES string of the molecule is CC(C)C(NC(=O)Nc1ccccc1)C(=O)Nc1cccc(OCc2cccnc2)c1. The van der Waals surface area contributed by atoms with Crippen LogP contribution in [-0.4, -0.2) is 23.0 Å². The Hall–Kier alpha value is -3.87. The number of nitrogens with zero attached hydrogens (tertiary/aromatic N) is 1. The van der Waals surface area contributed by atoms with E-state index in [0.29, 0.717) is 23.7 Å². The molecule has 0 aliphatic rings. The number of ether oxygens (including phenoxy) is 1. The largest absolute Gasteiger partial charge is 0.489 e.